The molecular formula is C16H20ClN3O3. The highest BCUT2D eigenvalue weighted by atomic mass is 35.5. The number of fused-ring (bicyclic) bond motifs is 1. The maximum atomic E-state index is 12.3. The number of benzene rings is 1. The minimum atomic E-state index is -0.377. The topological polar surface area (TPSA) is 90.4 Å². The highest BCUT2D eigenvalue weighted by molar-refractivity contribution is 5.91. The molecular weight excluding hydrogens is 318 g/mol. The largest absolute Gasteiger partial charge is 0.487 e. The van der Waals surface area contributed by atoms with E-state index in [0.717, 1.165) is 11.3 Å². The highest BCUT2D eigenvalue weighted by Crippen LogP contribution is 2.40. The number of hydrogen-bond acceptors (Lipinski definition) is 5. The molecule has 0 fully saturated rings. The molecule has 0 radical (unpaired) electrons. The van der Waals surface area contributed by atoms with Crippen LogP contribution < -0.4 is 15.8 Å². The number of ether oxygens (including phenoxy) is 1. The SMILES string of the molecule is Cc1cc(C(=O)NC2CC(C)(C)Oc3ccc(N)cc32)on1.Cl. The molecule has 1 amide bonds. The van der Waals surface area contributed by atoms with E-state index in [2.05, 4.69) is 10.5 Å². The number of nitrogens with one attached hydrogen (secondary N) is 1. The number of carbonyl (C=O) groups is 1. The van der Waals surface area contributed by atoms with E-state index in [9.17, 15) is 4.79 Å². The summed E-state index contributed by atoms with van der Waals surface area (Å²) in [6.45, 7) is 5.75. The van der Waals surface area contributed by atoms with Gasteiger partial charge >= 0.3 is 0 Å². The standard InChI is InChI=1S/C16H19N3O3.ClH/c1-9-6-14(22-19-9)15(20)18-12-8-16(2,3)21-13-5-4-10(17)7-11(12)13;/h4-7,12H,8,17H2,1-3H3,(H,18,20);1H. The summed E-state index contributed by atoms with van der Waals surface area (Å²) in [5, 5.41) is 6.72. The van der Waals surface area contributed by atoms with Crippen LogP contribution >= 0.6 is 12.4 Å². The van der Waals surface area contributed by atoms with Crippen molar-refractivity contribution in [3.63, 3.8) is 0 Å². The van der Waals surface area contributed by atoms with Crippen LogP contribution in [0.3, 0.4) is 0 Å². The van der Waals surface area contributed by atoms with Gasteiger partial charge in [-0.1, -0.05) is 5.16 Å². The number of nitrogen functional groups attached to an aromatic ring is 1. The first-order valence-electron chi connectivity index (χ1n) is 7.17. The second-order valence-electron chi connectivity index (χ2n) is 6.22. The van der Waals surface area contributed by atoms with Gasteiger partial charge in [-0.25, -0.2) is 0 Å². The van der Waals surface area contributed by atoms with Gasteiger partial charge in [0, 0.05) is 23.7 Å². The molecule has 3 N–H and O–H groups in total. The molecule has 1 aliphatic heterocycles. The van der Waals surface area contributed by atoms with Gasteiger partial charge in [0.15, 0.2) is 0 Å². The molecule has 0 bridgehead atoms. The Labute approximate surface area is 140 Å². The number of hydrogen-bond donors (Lipinski definition) is 2. The zero-order chi connectivity index (χ0) is 15.9. The Hall–Kier alpha value is -2.21. The number of aryl methyl sites for hydroxylation is 1. The summed E-state index contributed by atoms with van der Waals surface area (Å²) in [6, 6.07) is 6.88. The fourth-order valence-corrected chi connectivity index (χ4v) is 2.70. The first-order valence-corrected chi connectivity index (χ1v) is 7.17. The number of rotatable bonds is 2. The van der Waals surface area contributed by atoms with E-state index < -0.39 is 0 Å². The van der Waals surface area contributed by atoms with E-state index >= 15 is 0 Å². The zero-order valence-electron chi connectivity index (χ0n) is 13.3. The fraction of sp³-hybridized carbons (Fsp3) is 0.375. The molecule has 1 aliphatic rings. The van der Waals surface area contributed by atoms with Crippen LogP contribution in [0.15, 0.2) is 28.8 Å². The molecule has 1 unspecified atom stereocenters. The number of aromatic nitrogens is 1. The molecule has 0 saturated heterocycles. The number of anilines is 1. The molecule has 2 heterocycles. The van der Waals surface area contributed by atoms with E-state index in [1.54, 1.807) is 19.1 Å². The summed E-state index contributed by atoms with van der Waals surface area (Å²) in [5.74, 6) is 0.647. The molecule has 1 aromatic heterocycles. The van der Waals surface area contributed by atoms with Gasteiger partial charge in [-0.15, -0.1) is 12.4 Å². The summed E-state index contributed by atoms with van der Waals surface area (Å²) >= 11 is 0. The first-order chi connectivity index (χ1) is 10.3. The number of halogens is 1. The van der Waals surface area contributed by atoms with Crippen molar-refractivity contribution < 1.29 is 14.1 Å². The molecule has 6 nitrogen and oxygen atoms in total. The Kier molecular flexibility index (Phi) is 4.56. The molecule has 7 heteroatoms. The van der Waals surface area contributed by atoms with Crippen molar-refractivity contribution in [2.45, 2.75) is 38.8 Å². The Morgan fingerprint density at radius 1 is 1.39 bits per heavy atom. The van der Waals surface area contributed by atoms with Crippen LogP contribution in [0.4, 0.5) is 5.69 Å². The Bertz CT molecular complexity index is 727. The van der Waals surface area contributed by atoms with Gasteiger partial charge in [-0.05, 0) is 39.0 Å². The lowest BCUT2D eigenvalue weighted by Crippen LogP contribution is -2.41. The minimum absolute atomic E-state index is 0. The molecule has 124 valence electrons. The second-order valence-corrected chi connectivity index (χ2v) is 6.22. The third kappa shape index (κ3) is 3.59. The average Bonchev–Trinajstić information content (AvgIpc) is 2.85. The monoisotopic (exact) mass is 337 g/mol. The van der Waals surface area contributed by atoms with Crippen molar-refractivity contribution in [1.29, 1.82) is 0 Å². The first kappa shape index (κ1) is 17.1. The van der Waals surface area contributed by atoms with E-state index in [1.165, 1.54) is 0 Å². The quantitative estimate of drug-likeness (QED) is 0.822. The summed E-state index contributed by atoms with van der Waals surface area (Å²) in [5.41, 5.74) is 7.67. The van der Waals surface area contributed by atoms with Gasteiger partial charge < -0.3 is 20.3 Å². The molecule has 3 rings (SSSR count). The van der Waals surface area contributed by atoms with Crippen LogP contribution in [-0.4, -0.2) is 16.7 Å². The summed E-state index contributed by atoms with van der Waals surface area (Å²) in [7, 11) is 0. The lowest BCUT2D eigenvalue weighted by atomic mass is 9.89. The number of carbonyl (C=O) groups excluding carboxylic acids is 1. The lowest BCUT2D eigenvalue weighted by Gasteiger charge is -2.37. The Morgan fingerprint density at radius 3 is 2.78 bits per heavy atom. The zero-order valence-corrected chi connectivity index (χ0v) is 14.1. The molecule has 0 saturated carbocycles. The van der Waals surface area contributed by atoms with Crippen molar-refractivity contribution in [1.82, 2.24) is 10.5 Å². The average molecular weight is 338 g/mol. The van der Waals surface area contributed by atoms with E-state index in [4.69, 9.17) is 15.0 Å². The summed E-state index contributed by atoms with van der Waals surface area (Å²) in [4.78, 5) is 12.3. The maximum absolute atomic E-state index is 12.3. The fourth-order valence-electron chi connectivity index (χ4n) is 2.70. The number of nitrogens with zero attached hydrogens (tertiary/aromatic N) is 1. The smallest absolute Gasteiger partial charge is 0.290 e. The molecule has 0 spiro atoms. The summed E-state index contributed by atoms with van der Waals surface area (Å²) in [6.07, 6.45) is 0.641. The van der Waals surface area contributed by atoms with E-state index in [0.29, 0.717) is 17.8 Å². The van der Waals surface area contributed by atoms with Gasteiger partial charge in [-0.2, -0.15) is 0 Å². The van der Waals surface area contributed by atoms with Gasteiger partial charge in [0.05, 0.1) is 11.7 Å². The molecule has 1 atom stereocenters. The highest BCUT2D eigenvalue weighted by Gasteiger charge is 2.35. The Balaban J connectivity index is 0.00000192. The van der Waals surface area contributed by atoms with Crippen molar-refractivity contribution in [3.8, 4) is 5.75 Å². The Morgan fingerprint density at radius 2 is 2.13 bits per heavy atom. The molecule has 23 heavy (non-hydrogen) atoms. The van der Waals surface area contributed by atoms with Crippen LogP contribution in [0.5, 0.6) is 5.75 Å². The predicted octanol–water partition coefficient (Wildman–Crippen LogP) is 3.02. The van der Waals surface area contributed by atoms with Crippen LogP contribution in [0.25, 0.3) is 0 Å². The number of nitrogens with two attached hydrogens (primary N) is 1. The maximum Gasteiger partial charge on any atom is 0.290 e. The van der Waals surface area contributed by atoms with Gasteiger partial charge in [-0.3, -0.25) is 4.79 Å². The summed E-state index contributed by atoms with van der Waals surface area (Å²) < 4.78 is 11.0. The van der Waals surface area contributed by atoms with Crippen LogP contribution in [0.1, 0.15) is 48.1 Å². The van der Waals surface area contributed by atoms with Crippen LogP contribution in [0, 0.1) is 6.92 Å². The third-order valence-corrected chi connectivity index (χ3v) is 3.65. The molecule has 1 aromatic carbocycles. The van der Waals surface area contributed by atoms with Gasteiger partial charge in [0.1, 0.15) is 11.4 Å². The van der Waals surface area contributed by atoms with Gasteiger partial charge in [0.25, 0.3) is 5.91 Å². The third-order valence-electron chi connectivity index (χ3n) is 3.65. The van der Waals surface area contributed by atoms with E-state index in [1.807, 2.05) is 26.0 Å². The van der Waals surface area contributed by atoms with Crippen LogP contribution in [0.2, 0.25) is 0 Å². The van der Waals surface area contributed by atoms with E-state index in [-0.39, 0.29) is 35.7 Å². The molecule has 0 aliphatic carbocycles. The van der Waals surface area contributed by atoms with Crippen molar-refractivity contribution in [2.24, 2.45) is 0 Å². The minimum Gasteiger partial charge on any atom is -0.487 e. The van der Waals surface area contributed by atoms with Crippen molar-refractivity contribution in [3.05, 3.63) is 41.3 Å². The van der Waals surface area contributed by atoms with Crippen LogP contribution in [-0.2, 0) is 0 Å². The number of amides is 1. The van der Waals surface area contributed by atoms with Crippen molar-refractivity contribution >= 4 is 24.0 Å². The predicted molar refractivity (Wildman–Crippen MR) is 88.9 cm³/mol. The normalized spacial score (nSPS) is 18.3. The molecule has 2 aromatic rings. The van der Waals surface area contributed by atoms with Gasteiger partial charge in [0.2, 0.25) is 5.76 Å². The lowest BCUT2D eigenvalue weighted by molar-refractivity contribution is 0.0609. The second kappa shape index (κ2) is 6.12. The van der Waals surface area contributed by atoms with Crippen molar-refractivity contribution in [2.75, 3.05) is 5.73 Å².